The van der Waals surface area contributed by atoms with Crippen molar-refractivity contribution in [2.45, 2.75) is 69.6 Å². The number of aliphatic hydroxyl groups is 1. The largest absolute Gasteiger partial charge is 0.490 e. The summed E-state index contributed by atoms with van der Waals surface area (Å²) < 4.78 is 6.29. The van der Waals surface area contributed by atoms with Gasteiger partial charge in [0.1, 0.15) is 18.4 Å². The van der Waals surface area contributed by atoms with Gasteiger partial charge in [0.2, 0.25) is 5.91 Å². The predicted molar refractivity (Wildman–Crippen MR) is 163 cm³/mol. The van der Waals surface area contributed by atoms with E-state index in [0.29, 0.717) is 48.7 Å². The minimum Gasteiger partial charge on any atom is -0.490 e. The topological polar surface area (TPSA) is 98.2 Å². The third kappa shape index (κ3) is 7.67. The minimum absolute atomic E-state index is 0.149. The number of hydrogen-bond acceptors (Lipinski definition) is 6. The van der Waals surface area contributed by atoms with Crippen molar-refractivity contribution in [3.63, 3.8) is 0 Å². The number of aliphatic hydroxyl groups excluding tert-OH is 1. The lowest BCUT2D eigenvalue weighted by Gasteiger charge is -2.35. The summed E-state index contributed by atoms with van der Waals surface area (Å²) >= 11 is 12.5. The van der Waals surface area contributed by atoms with E-state index in [2.05, 4.69) is 17.1 Å². The fraction of sp³-hybridized carbons (Fsp3) is 0.581. The Morgan fingerprint density at radius 2 is 1.81 bits per heavy atom. The van der Waals surface area contributed by atoms with Gasteiger partial charge in [0.05, 0.1) is 11.8 Å². The van der Waals surface area contributed by atoms with Crippen molar-refractivity contribution in [3.05, 3.63) is 57.8 Å². The van der Waals surface area contributed by atoms with Gasteiger partial charge in [-0.3, -0.25) is 14.7 Å². The Bertz CT molecular complexity index is 1240. The molecule has 3 saturated heterocycles. The Kier molecular flexibility index (Phi) is 10.5. The highest BCUT2D eigenvalue weighted by Crippen LogP contribution is 2.33. The Morgan fingerprint density at radius 1 is 1.07 bits per heavy atom. The number of hydrogen-bond donors (Lipinski definition) is 2. The average molecular weight is 619 g/mol. The molecule has 5 rings (SSSR count). The predicted octanol–water partition coefficient (Wildman–Crippen LogP) is 4.35. The molecule has 42 heavy (non-hydrogen) atoms. The lowest BCUT2D eigenvalue weighted by Crippen LogP contribution is -2.54. The van der Waals surface area contributed by atoms with Gasteiger partial charge >= 0.3 is 6.03 Å². The average Bonchev–Trinajstić information content (AvgIpc) is 3.69. The van der Waals surface area contributed by atoms with Crippen molar-refractivity contribution in [3.8, 4) is 5.75 Å². The van der Waals surface area contributed by atoms with Crippen LogP contribution < -0.4 is 10.1 Å². The molecule has 2 N–H and O–H groups in total. The molecule has 3 fully saturated rings. The highest BCUT2D eigenvalue weighted by molar-refractivity contribution is 6.35. The number of ether oxygens (including phenoxy) is 1. The van der Waals surface area contributed by atoms with Crippen LogP contribution in [0.3, 0.4) is 0 Å². The third-order valence-electron chi connectivity index (χ3n) is 8.72. The first-order valence-corrected chi connectivity index (χ1v) is 15.8. The molecule has 1 aromatic carbocycles. The summed E-state index contributed by atoms with van der Waals surface area (Å²) in [6.45, 7) is 6.89. The smallest absolute Gasteiger partial charge is 0.318 e. The highest BCUT2D eigenvalue weighted by Gasteiger charge is 2.34. The van der Waals surface area contributed by atoms with E-state index in [1.165, 1.54) is 12.8 Å². The molecule has 0 saturated carbocycles. The van der Waals surface area contributed by atoms with Crippen molar-refractivity contribution in [2.24, 2.45) is 0 Å². The number of nitrogens with zero attached hydrogens (tertiary/aromatic N) is 4. The number of amides is 3. The van der Waals surface area contributed by atoms with Crippen LogP contribution in [0.25, 0.3) is 0 Å². The standard InChI is InChI=1S/C31H41Cl2N5O4/c1-21(36-12-2-3-13-36)20-42-28-5-4-11-34-29(28)22-8-14-37(15-9-22)30(40)27(17-23-6-7-24(32)18-26(23)33)35-31(41)38-16-10-25(39)19-38/h4-7,11,18,21-22,25,27,39H,2-3,8-10,12-17,19-20H2,1H3,(H,35,41)/t21-,25+,27-/m1/s1. The van der Waals surface area contributed by atoms with Crippen molar-refractivity contribution in [2.75, 3.05) is 45.9 Å². The Hall–Kier alpha value is -2.59. The molecule has 11 heteroatoms. The van der Waals surface area contributed by atoms with Crippen LogP contribution >= 0.6 is 23.2 Å². The maximum Gasteiger partial charge on any atom is 0.318 e. The van der Waals surface area contributed by atoms with Gasteiger partial charge in [0.15, 0.2) is 0 Å². The molecule has 9 nitrogen and oxygen atoms in total. The summed E-state index contributed by atoms with van der Waals surface area (Å²) in [6.07, 6.45) is 6.03. The van der Waals surface area contributed by atoms with Gasteiger partial charge in [-0.15, -0.1) is 0 Å². The number of likely N-dealkylation sites (tertiary alicyclic amines) is 3. The number of aromatic nitrogens is 1. The van der Waals surface area contributed by atoms with Crippen molar-refractivity contribution < 1.29 is 19.4 Å². The van der Waals surface area contributed by atoms with Crippen molar-refractivity contribution in [1.29, 1.82) is 0 Å². The highest BCUT2D eigenvalue weighted by atomic mass is 35.5. The zero-order chi connectivity index (χ0) is 29.6. The van der Waals surface area contributed by atoms with Crippen LogP contribution in [-0.2, 0) is 11.2 Å². The van der Waals surface area contributed by atoms with Crippen LogP contribution in [0.1, 0.15) is 56.2 Å². The number of urea groups is 1. The second kappa shape index (κ2) is 14.3. The van der Waals surface area contributed by atoms with E-state index in [-0.39, 0.29) is 30.8 Å². The van der Waals surface area contributed by atoms with E-state index in [0.717, 1.165) is 42.9 Å². The Labute approximate surface area is 258 Å². The third-order valence-corrected chi connectivity index (χ3v) is 9.31. The van der Waals surface area contributed by atoms with E-state index >= 15 is 0 Å². The quantitative estimate of drug-likeness (QED) is 0.434. The van der Waals surface area contributed by atoms with Crippen LogP contribution in [0.4, 0.5) is 4.79 Å². The number of nitrogens with one attached hydrogen (secondary N) is 1. The summed E-state index contributed by atoms with van der Waals surface area (Å²) in [4.78, 5) is 37.4. The molecule has 3 amide bonds. The SMILES string of the molecule is C[C@H](COc1cccnc1C1CCN(C(=O)[C@@H](Cc2ccc(Cl)cc2Cl)NC(=O)N2CC[C@H](O)C2)CC1)N1CCCC1. The molecule has 1 aromatic heterocycles. The number of halogens is 2. The Morgan fingerprint density at radius 3 is 2.50 bits per heavy atom. The lowest BCUT2D eigenvalue weighted by molar-refractivity contribution is -0.134. The van der Waals surface area contributed by atoms with Crippen molar-refractivity contribution >= 4 is 35.1 Å². The van der Waals surface area contributed by atoms with E-state index < -0.39 is 12.1 Å². The van der Waals surface area contributed by atoms with Crippen LogP contribution in [0, 0.1) is 0 Å². The molecule has 0 bridgehead atoms. The number of pyridine rings is 1. The number of carbonyl (C=O) groups excluding carboxylic acids is 2. The van der Waals surface area contributed by atoms with Crippen LogP contribution in [0.15, 0.2) is 36.5 Å². The maximum atomic E-state index is 13.8. The van der Waals surface area contributed by atoms with Gasteiger partial charge in [-0.1, -0.05) is 29.3 Å². The molecule has 4 heterocycles. The summed E-state index contributed by atoms with van der Waals surface area (Å²) in [5.41, 5.74) is 1.68. The molecule has 3 atom stereocenters. The lowest BCUT2D eigenvalue weighted by atomic mass is 9.91. The molecule has 0 spiro atoms. The van der Waals surface area contributed by atoms with Crippen LogP contribution in [-0.4, -0.2) is 101 Å². The zero-order valence-corrected chi connectivity index (χ0v) is 25.7. The van der Waals surface area contributed by atoms with E-state index in [1.54, 1.807) is 29.3 Å². The molecular weight excluding hydrogens is 577 g/mol. The minimum atomic E-state index is -0.800. The number of carbonyl (C=O) groups is 2. The summed E-state index contributed by atoms with van der Waals surface area (Å²) in [5, 5.41) is 13.8. The number of piperidine rings is 1. The molecule has 0 radical (unpaired) electrons. The normalized spacial score (nSPS) is 21.4. The summed E-state index contributed by atoms with van der Waals surface area (Å²) in [6, 6.07) is 8.26. The molecule has 0 aliphatic carbocycles. The molecule has 0 unspecified atom stereocenters. The molecule has 228 valence electrons. The fourth-order valence-electron chi connectivity index (χ4n) is 6.20. The summed E-state index contributed by atoms with van der Waals surface area (Å²) in [7, 11) is 0. The van der Waals surface area contributed by atoms with Crippen molar-refractivity contribution in [1.82, 2.24) is 25.0 Å². The van der Waals surface area contributed by atoms with Gasteiger partial charge in [-0.05, 0) is 81.9 Å². The van der Waals surface area contributed by atoms with Crippen LogP contribution in [0.2, 0.25) is 10.0 Å². The van der Waals surface area contributed by atoms with Gasteiger partial charge in [0.25, 0.3) is 0 Å². The monoisotopic (exact) mass is 617 g/mol. The number of benzene rings is 1. The van der Waals surface area contributed by atoms with Gasteiger partial charge in [-0.25, -0.2) is 4.79 Å². The van der Waals surface area contributed by atoms with E-state index in [4.69, 9.17) is 32.9 Å². The summed E-state index contributed by atoms with van der Waals surface area (Å²) in [5.74, 6) is 0.852. The van der Waals surface area contributed by atoms with Gasteiger partial charge < -0.3 is 25.0 Å². The van der Waals surface area contributed by atoms with Gasteiger partial charge in [0, 0.05) is 60.8 Å². The van der Waals surface area contributed by atoms with E-state index in [1.807, 2.05) is 17.0 Å². The first kappa shape index (κ1) is 30.9. The second-order valence-electron chi connectivity index (χ2n) is 11.7. The second-order valence-corrected chi connectivity index (χ2v) is 12.6. The molecule has 3 aliphatic heterocycles. The Balaban J connectivity index is 1.23. The number of β-amino-alcohol motifs (C(OH)–C–C–N with tert-alkyl or cyclic N) is 1. The molecular formula is C31H41Cl2N5O4. The van der Waals surface area contributed by atoms with E-state index in [9.17, 15) is 14.7 Å². The number of rotatable bonds is 9. The fourth-order valence-corrected chi connectivity index (χ4v) is 6.68. The van der Waals surface area contributed by atoms with Crippen LogP contribution in [0.5, 0.6) is 5.75 Å². The molecule has 2 aromatic rings. The maximum absolute atomic E-state index is 13.8. The zero-order valence-electron chi connectivity index (χ0n) is 24.2. The molecule has 3 aliphatic rings. The first-order chi connectivity index (χ1) is 20.3. The van der Waals surface area contributed by atoms with Gasteiger partial charge in [-0.2, -0.15) is 0 Å². The first-order valence-electron chi connectivity index (χ1n) is 15.1.